The second kappa shape index (κ2) is 4.05. The van der Waals surface area contributed by atoms with Crippen molar-refractivity contribution in [3.8, 4) is 0 Å². The van der Waals surface area contributed by atoms with E-state index in [1.165, 1.54) is 7.05 Å². The maximum Gasteiger partial charge on any atom is 0.217 e. The van der Waals surface area contributed by atoms with Crippen LogP contribution in [-0.4, -0.2) is 30.5 Å². The molecule has 0 bridgehead atoms. The molecule has 1 N–H and O–H groups in total. The maximum atomic E-state index is 11.2. The highest BCUT2D eigenvalue weighted by Crippen LogP contribution is 2.04. The minimum atomic E-state index is -3.25. The fourth-order valence-corrected chi connectivity index (χ4v) is 1.56. The lowest BCUT2D eigenvalue weighted by Crippen LogP contribution is -2.20. The van der Waals surface area contributed by atoms with Gasteiger partial charge in [0.2, 0.25) is 10.0 Å². The molecule has 0 amide bonds. The summed E-state index contributed by atoms with van der Waals surface area (Å²) in [6.07, 6.45) is 1.64. The molecule has 0 aliphatic rings. The van der Waals surface area contributed by atoms with E-state index in [0.717, 1.165) is 0 Å². The molecule has 7 heteroatoms. The van der Waals surface area contributed by atoms with Gasteiger partial charge in [-0.2, -0.15) is 0 Å². The molecule has 0 aliphatic carbocycles. The molecule has 14 heavy (non-hydrogen) atoms. The normalized spacial score (nSPS) is 12.3. The van der Waals surface area contributed by atoms with E-state index in [1.807, 2.05) is 13.8 Å². The molecule has 1 aromatic rings. The first-order valence-corrected chi connectivity index (χ1v) is 5.92. The molecule has 0 radical (unpaired) electrons. The van der Waals surface area contributed by atoms with Crippen LogP contribution in [0.25, 0.3) is 0 Å². The Hall–Kier alpha value is -0.950. The van der Waals surface area contributed by atoms with Crippen LogP contribution in [0.3, 0.4) is 0 Å². The fraction of sp³-hybridized carbons (Fsp3) is 0.714. The van der Waals surface area contributed by atoms with Gasteiger partial charge in [0.15, 0.2) is 0 Å². The molecule has 0 aromatic carbocycles. The SMILES string of the molecule is CNS(=O)(=O)Cc1cn(C(C)C)nn1. The highest BCUT2D eigenvalue weighted by atomic mass is 32.2. The summed E-state index contributed by atoms with van der Waals surface area (Å²) in [5.41, 5.74) is 0.452. The Kier molecular flexibility index (Phi) is 3.22. The quantitative estimate of drug-likeness (QED) is 0.766. The van der Waals surface area contributed by atoms with E-state index in [4.69, 9.17) is 0 Å². The van der Waals surface area contributed by atoms with Crippen molar-refractivity contribution in [1.82, 2.24) is 19.7 Å². The molecule has 80 valence electrons. The van der Waals surface area contributed by atoms with Crippen molar-refractivity contribution in [2.75, 3.05) is 7.05 Å². The second-order valence-electron chi connectivity index (χ2n) is 3.25. The minimum absolute atomic E-state index is 0.129. The zero-order valence-corrected chi connectivity index (χ0v) is 9.24. The van der Waals surface area contributed by atoms with Crippen LogP contribution >= 0.6 is 0 Å². The minimum Gasteiger partial charge on any atom is -0.250 e. The molecule has 0 spiro atoms. The van der Waals surface area contributed by atoms with Gasteiger partial charge in [0.1, 0.15) is 5.75 Å². The highest BCUT2D eigenvalue weighted by Gasteiger charge is 2.12. The van der Waals surface area contributed by atoms with Crippen LogP contribution in [0, 0.1) is 0 Å². The molecule has 0 saturated carbocycles. The Bertz CT molecular complexity index is 396. The van der Waals surface area contributed by atoms with Crippen molar-refractivity contribution in [1.29, 1.82) is 0 Å². The zero-order valence-electron chi connectivity index (χ0n) is 8.43. The molecule has 0 aliphatic heterocycles. The predicted molar refractivity (Wildman–Crippen MR) is 52.1 cm³/mol. The van der Waals surface area contributed by atoms with Gasteiger partial charge in [0.05, 0.1) is 5.69 Å². The summed E-state index contributed by atoms with van der Waals surface area (Å²) in [6.45, 7) is 3.90. The van der Waals surface area contributed by atoms with Crippen LogP contribution in [0.4, 0.5) is 0 Å². The number of hydrogen-bond donors (Lipinski definition) is 1. The molecule has 1 heterocycles. The van der Waals surface area contributed by atoms with E-state index in [-0.39, 0.29) is 11.8 Å². The van der Waals surface area contributed by atoms with Gasteiger partial charge in [-0.25, -0.2) is 17.8 Å². The number of nitrogens with zero attached hydrogens (tertiary/aromatic N) is 3. The Morgan fingerprint density at radius 1 is 1.57 bits per heavy atom. The first-order chi connectivity index (χ1) is 6.44. The Morgan fingerprint density at radius 2 is 2.21 bits per heavy atom. The Morgan fingerprint density at radius 3 is 2.64 bits per heavy atom. The molecule has 1 rings (SSSR count). The van der Waals surface area contributed by atoms with Gasteiger partial charge in [-0.3, -0.25) is 0 Å². The molecule has 6 nitrogen and oxygen atoms in total. The molecule has 1 aromatic heterocycles. The van der Waals surface area contributed by atoms with Crippen LogP contribution in [0.15, 0.2) is 6.20 Å². The number of nitrogens with one attached hydrogen (secondary N) is 1. The zero-order chi connectivity index (χ0) is 10.8. The van der Waals surface area contributed by atoms with Crippen LogP contribution in [0.1, 0.15) is 25.6 Å². The first-order valence-electron chi connectivity index (χ1n) is 4.26. The topological polar surface area (TPSA) is 76.9 Å². The first kappa shape index (κ1) is 11.1. The monoisotopic (exact) mass is 218 g/mol. The van der Waals surface area contributed by atoms with Crippen molar-refractivity contribution < 1.29 is 8.42 Å². The summed E-state index contributed by atoms with van der Waals surface area (Å²) < 4.78 is 26.2. The Labute approximate surface area is 83.4 Å². The maximum absolute atomic E-state index is 11.2. The average molecular weight is 218 g/mol. The largest absolute Gasteiger partial charge is 0.250 e. The second-order valence-corrected chi connectivity index (χ2v) is 5.17. The smallest absolute Gasteiger partial charge is 0.217 e. The standard InChI is InChI=1S/C7H14N4O2S/c1-6(2)11-4-7(9-10-11)5-14(12,13)8-3/h4,6,8H,5H2,1-3H3. The molecule has 0 unspecified atom stereocenters. The number of hydrogen-bond acceptors (Lipinski definition) is 4. The third kappa shape index (κ3) is 2.78. The summed E-state index contributed by atoms with van der Waals surface area (Å²) in [7, 11) is -1.87. The van der Waals surface area contributed by atoms with Crippen molar-refractivity contribution in [3.05, 3.63) is 11.9 Å². The number of aromatic nitrogens is 3. The van der Waals surface area contributed by atoms with Gasteiger partial charge in [-0.05, 0) is 20.9 Å². The number of sulfonamides is 1. The molecule has 0 saturated heterocycles. The summed E-state index contributed by atoms with van der Waals surface area (Å²) in [5, 5.41) is 7.57. The van der Waals surface area contributed by atoms with Gasteiger partial charge in [0.25, 0.3) is 0 Å². The number of rotatable bonds is 4. The van der Waals surface area contributed by atoms with E-state index < -0.39 is 10.0 Å². The lowest BCUT2D eigenvalue weighted by Gasteiger charge is -2.01. The van der Waals surface area contributed by atoms with E-state index >= 15 is 0 Å². The van der Waals surface area contributed by atoms with Gasteiger partial charge >= 0.3 is 0 Å². The van der Waals surface area contributed by atoms with E-state index in [0.29, 0.717) is 5.69 Å². The molecule has 0 fully saturated rings. The van der Waals surface area contributed by atoms with Gasteiger partial charge in [-0.15, -0.1) is 5.10 Å². The van der Waals surface area contributed by atoms with Crippen LogP contribution in [0.2, 0.25) is 0 Å². The van der Waals surface area contributed by atoms with E-state index in [9.17, 15) is 8.42 Å². The molecular weight excluding hydrogens is 204 g/mol. The van der Waals surface area contributed by atoms with E-state index in [1.54, 1.807) is 10.9 Å². The summed E-state index contributed by atoms with van der Waals surface area (Å²) in [4.78, 5) is 0. The van der Waals surface area contributed by atoms with Crippen LogP contribution in [0.5, 0.6) is 0 Å². The lowest BCUT2D eigenvalue weighted by atomic mass is 10.4. The van der Waals surface area contributed by atoms with Crippen molar-refractivity contribution >= 4 is 10.0 Å². The van der Waals surface area contributed by atoms with Crippen molar-refractivity contribution in [2.24, 2.45) is 0 Å². The van der Waals surface area contributed by atoms with Crippen LogP contribution < -0.4 is 4.72 Å². The van der Waals surface area contributed by atoms with Crippen LogP contribution in [-0.2, 0) is 15.8 Å². The predicted octanol–water partition coefficient (Wildman–Crippen LogP) is -0.0918. The Balaban J connectivity index is 2.79. The molecule has 0 atom stereocenters. The van der Waals surface area contributed by atoms with Gasteiger partial charge in [-0.1, -0.05) is 5.21 Å². The van der Waals surface area contributed by atoms with E-state index in [2.05, 4.69) is 15.0 Å². The third-order valence-corrected chi connectivity index (χ3v) is 3.03. The average Bonchev–Trinajstić information content (AvgIpc) is 2.52. The van der Waals surface area contributed by atoms with Gasteiger partial charge < -0.3 is 0 Å². The summed E-state index contributed by atoms with van der Waals surface area (Å²) >= 11 is 0. The molecular formula is C7H14N4O2S. The third-order valence-electron chi connectivity index (χ3n) is 1.74. The van der Waals surface area contributed by atoms with Crippen molar-refractivity contribution in [2.45, 2.75) is 25.6 Å². The highest BCUT2D eigenvalue weighted by molar-refractivity contribution is 7.88. The summed E-state index contributed by atoms with van der Waals surface area (Å²) in [5.74, 6) is -0.129. The van der Waals surface area contributed by atoms with Crippen molar-refractivity contribution in [3.63, 3.8) is 0 Å². The lowest BCUT2D eigenvalue weighted by molar-refractivity contribution is 0.514. The van der Waals surface area contributed by atoms with Gasteiger partial charge in [0, 0.05) is 12.2 Å². The summed E-state index contributed by atoms with van der Waals surface area (Å²) in [6, 6.07) is 0.188. The fourth-order valence-electron chi connectivity index (χ4n) is 0.899.